The first-order chi connectivity index (χ1) is 15.8. The Hall–Kier alpha value is -4.04. The number of pyridine rings is 2. The van der Waals surface area contributed by atoms with Crippen LogP contribution in [0.25, 0.3) is 0 Å². The summed E-state index contributed by atoms with van der Waals surface area (Å²) in [4.78, 5) is 47.6. The number of rotatable bonds is 7. The van der Waals surface area contributed by atoms with E-state index < -0.39 is 6.03 Å². The molecule has 0 aliphatic carbocycles. The molecule has 172 valence electrons. The van der Waals surface area contributed by atoms with Crippen molar-refractivity contribution in [2.24, 2.45) is 0 Å². The van der Waals surface area contributed by atoms with Gasteiger partial charge < -0.3 is 15.0 Å². The molecule has 2 N–H and O–H groups in total. The SMILES string of the molecule is CC(C)Nc1cc(NC(=O)N(C)c2ccc(CN3CCOCC3=O)c(C=O)n2)ncc1C#N. The Morgan fingerprint density at radius 2 is 2.21 bits per heavy atom. The third kappa shape index (κ3) is 5.81. The summed E-state index contributed by atoms with van der Waals surface area (Å²) < 4.78 is 5.12. The number of ether oxygens (including phenoxy) is 1. The Balaban J connectivity index is 1.74. The van der Waals surface area contributed by atoms with Gasteiger partial charge in [-0.15, -0.1) is 0 Å². The molecule has 0 unspecified atom stereocenters. The van der Waals surface area contributed by atoms with Gasteiger partial charge in [-0.05, 0) is 19.9 Å². The quantitative estimate of drug-likeness (QED) is 0.609. The van der Waals surface area contributed by atoms with Gasteiger partial charge >= 0.3 is 6.03 Å². The maximum absolute atomic E-state index is 12.7. The maximum atomic E-state index is 12.7. The van der Waals surface area contributed by atoms with Crippen LogP contribution >= 0.6 is 0 Å². The normalized spacial score (nSPS) is 13.4. The average molecular weight is 451 g/mol. The maximum Gasteiger partial charge on any atom is 0.328 e. The number of carbonyl (C=O) groups excluding carboxylic acids is 3. The summed E-state index contributed by atoms with van der Waals surface area (Å²) in [6.45, 7) is 4.99. The predicted octanol–water partition coefficient (Wildman–Crippen LogP) is 2.01. The van der Waals surface area contributed by atoms with Crippen LogP contribution in [-0.4, -0.2) is 65.9 Å². The topological polar surface area (TPSA) is 141 Å². The van der Waals surface area contributed by atoms with E-state index in [4.69, 9.17) is 4.74 Å². The summed E-state index contributed by atoms with van der Waals surface area (Å²) in [5.74, 6) is 0.354. The molecule has 0 spiro atoms. The van der Waals surface area contributed by atoms with Gasteiger partial charge in [0.05, 0.1) is 17.9 Å². The van der Waals surface area contributed by atoms with E-state index in [1.165, 1.54) is 18.1 Å². The Morgan fingerprint density at radius 1 is 1.42 bits per heavy atom. The van der Waals surface area contributed by atoms with Gasteiger partial charge in [0.2, 0.25) is 5.91 Å². The molecule has 1 fully saturated rings. The second-order valence-corrected chi connectivity index (χ2v) is 7.71. The lowest BCUT2D eigenvalue weighted by molar-refractivity contribution is -0.143. The van der Waals surface area contributed by atoms with Crippen molar-refractivity contribution in [3.8, 4) is 6.07 Å². The molecular formula is C22H25N7O4. The summed E-state index contributed by atoms with van der Waals surface area (Å²) in [6.07, 6.45) is 1.98. The molecule has 1 aliphatic heterocycles. The van der Waals surface area contributed by atoms with Gasteiger partial charge in [-0.3, -0.25) is 19.8 Å². The molecule has 0 aromatic carbocycles. The van der Waals surface area contributed by atoms with Crippen molar-refractivity contribution in [1.29, 1.82) is 5.26 Å². The molecule has 1 saturated heterocycles. The summed E-state index contributed by atoms with van der Waals surface area (Å²) in [5.41, 5.74) is 1.65. The molecule has 1 aliphatic rings. The van der Waals surface area contributed by atoms with Crippen LogP contribution in [0.5, 0.6) is 0 Å². The molecular weight excluding hydrogens is 426 g/mol. The van der Waals surface area contributed by atoms with Crippen LogP contribution in [0.15, 0.2) is 24.4 Å². The monoisotopic (exact) mass is 451 g/mol. The first-order valence-corrected chi connectivity index (χ1v) is 10.3. The first-order valence-electron chi connectivity index (χ1n) is 10.3. The second-order valence-electron chi connectivity index (χ2n) is 7.71. The third-order valence-corrected chi connectivity index (χ3v) is 4.91. The zero-order chi connectivity index (χ0) is 24.0. The highest BCUT2D eigenvalue weighted by Gasteiger charge is 2.21. The fraction of sp³-hybridized carbons (Fsp3) is 0.364. The fourth-order valence-electron chi connectivity index (χ4n) is 3.18. The van der Waals surface area contributed by atoms with Crippen molar-refractivity contribution in [3.63, 3.8) is 0 Å². The molecule has 11 nitrogen and oxygen atoms in total. The largest absolute Gasteiger partial charge is 0.382 e. The third-order valence-electron chi connectivity index (χ3n) is 4.91. The Morgan fingerprint density at radius 3 is 2.88 bits per heavy atom. The summed E-state index contributed by atoms with van der Waals surface area (Å²) in [6, 6.07) is 6.47. The van der Waals surface area contributed by atoms with Crippen molar-refractivity contribution in [3.05, 3.63) is 41.2 Å². The van der Waals surface area contributed by atoms with E-state index in [-0.39, 0.29) is 42.4 Å². The number of aromatic nitrogens is 2. The highest BCUT2D eigenvalue weighted by atomic mass is 16.5. The summed E-state index contributed by atoms with van der Waals surface area (Å²) in [5, 5.41) is 15.0. The van der Waals surface area contributed by atoms with Gasteiger partial charge in [0.1, 0.15) is 30.0 Å². The Labute approximate surface area is 191 Å². The number of amides is 3. The molecule has 11 heteroatoms. The highest BCUT2D eigenvalue weighted by Crippen LogP contribution is 2.20. The number of nitrogens with zero attached hydrogens (tertiary/aromatic N) is 5. The molecule has 3 heterocycles. The molecule has 0 atom stereocenters. The number of hydrogen-bond donors (Lipinski definition) is 2. The number of nitriles is 1. The Bertz CT molecular complexity index is 1100. The minimum atomic E-state index is -0.525. The van der Waals surface area contributed by atoms with E-state index in [0.717, 1.165) is 0 Å². The lowest BCUT2D eigenvalue weighted by Gasteiger charge is -2.27. The minimum Gasteiger partial charge on any atom is -0.382 e. The van der Waals surface area contributed by atoms with Gasteiger partial charge in [-0.1, -0.05) is 6.07 Å². The molecule has 0 saturated carbocycles. The number of hydrogen-bond acceptors (Lipinski definition) is 8. The number of aldehydes is 1. The molecule has 3 amide bonds. The van der Waals surface area contributed by atoms with Crippen LogP contribution in [0, 0.1) is 11.3 Å². The van der Waals surface area contributed by atoms with Crippen molar-refractivity contribution < 1.29 is 19.1 Å². The highest BCUT2D eigenvalue weighted by molar-refractivity contribution is 6.00. The fourth-order valence-corrected chi connectivity index (χ4v) is 3.18. The van der Waals surface area contributed by atoms with E-state index in [9.17, 15) is 19.6 Å². The lowest BCUT2D eigenvalue weighted by atomic mass is 10.1. The number of morpholine rings is 1. The molecule has 2 aromatic rings. The van der Waals surface area contributed by atoms with Gasteiger partial charge in [0, 0.05) is 44.0 Å². The van der Waals surface area contributed by atoms with Crippen LogP contribution in [0.4, 0.5) is 22.1 Å². The molecule has 2 aromatic heterocycles. The number of anilines is 3. The van der Waals surface area contributed by atoms with Crippen molar-refractivity contribution in [2.45, 2.75) is 26.4 Å². The molecule has 0 radical (unpaired) electrons. The van der Waals surface area contributed by atoms with Gasteiger partial charge in [-0.2, -0.15) is 5.26 Å². The van der Waals surface area contributed by atoms with E-state index in [1.54, 1.807) is 23.1 Å². The number of nitrogens with one attached hydrogen (secondary N) is 2. The van der Waals surface area contributed by atoms with Crippen LogP contribution in [0.3, 0.4) is 0 Å². The zero-order valence-corrected chi connectivity index (χ0v) is 18.7. The van der Waals surface area contributed by atoms with E-state index in [0.29, 0.717) is 36.3 Å². The van der Waals surface area contributed by atoms with E-state index in [1.807, 2.05) is 13.8 Å². The summed E-state index contributed by atoms with van der Waals surface area (Å²) >= 11 is 0. The summed E-state index contributed by atoms with van der Waals surface area (Å²) in [7, 11) is 1.51. The van der Waals surface area contributed by atoms with Crippen LogP contribution in [0.2, 0.25) is 0 Å². The molecule has 33 heavy (non-hydrogen) atoms. The number of carbonyl (C=O) groups is 3. The molecule has 0 bridgehead atoms. The van der Waals surface area contributed by atoms with Gasteiger partial charge in [0.25, 0.3) is 0 Å². The average Bonchev–Trinajstić information content (AvgIpc) is 2.80. The molecule has 3 rings (SSSR count). The van der Waals surface area contributed by atoms with Crippen LogP contribution in [0.1, 0.15) is 35.5 Å². The van der Waals surface area contributed by atoms with Crippen LogP contribution < -0.4 is 15.5 Å². The minimum absolute atomic E-state index is 0.0165. The second kappa shape index (κ2) is 10.5. The predicted molar refractivity (Wildman–Crippen MR) is 121 cm³/mol. The van der Waals surface area contributed by atoms with Gasteiger partial charge in [0.15, 0.2) is 6.29 Å². The van der Waals surface area contributed by atoms with Crippen molar-refractivity contribution >= 4 is 35.5 Å². The smallest absolute Gasteiger partial charge is 0.328 e. The van der Waals surface area contributed by atoms with E-state index in [2.05, 4.69) is 26.7 Å². The Kier molecular flexibility index (Phi) is 7.53. The standard InChI is InChI=1S/C22H25N7O4/c1-14(2)25-17-8-19(24-10-16(17)9-23)27-22(32)28(3)20-5-4-15(18(12-30)26-20)11-29-6-7-33-13-21(29)31/h4-5,8,10,12,14H,6-7,11,13H2,1-3H3,(H2,24,25,27,32). The lowest BCUT2D eigenvalue weighted by Crippen LogP contribution is -2.41. The van der Waals surface area contributed by atoms with Crippen LogP contribution in [-0.2, 0) is 16.1 Å². The van der Waals surface area contributed by atoms with Crippen molar-refractivity contribution in [2.75, 3.05) is 42.3 Å². The van der Waals surface area contributed by atoms with Crippen molar-refractivity contribution in [1.82, 2.24) is 14.9 Å². The first kappa shape index (κ1) is 23.6. The van der Waals surface area contributed by atoms with Gasteiger partial charge in [-0.25, -0.2) is 14.8 Å². The van der Waals surface area contributed by atoms with E-state index >= 15 is 0 Å². The zero-order valence-electron chi connectivity index (χ0n) is 18.7. The number of urea groups is 1.